The molecule has 0 aliphatic carbocycles. The summed E-state index contributed by atoms with van der Waals surface area (Å²) in [7, 11) is 1.75. The highest BCUT2D eigenvalue weighted by molar-refractivity contribution is 6.51. The van der Waals surface area contributed by atoms with Crippen molar-refractivity contribution in [1.82, 2.24) is 0 Å². The summed E-state index contributed by atoms with van der Waals surface area (Å²) in [5, 5.41) is 2.58. The fourth-order valence-corrected chi connectivity index (χ4v) is 4.14. The predicted octanol–water partition coefficient (Wildman–Crippen LogP) is 3.59. The zero-order valence-electron chi connectivity index (χ0n) is 10.2. The van der Waals surface area contributed by atoms with Crippen molar-refractivity contribution in [2.45, 2.75) is 63.3 Å². The van der Waals surface area contributed by atoms with E-state index >= 15 is 0 Å². The van der Waals surface area contributed by atoms with Gasteiger partial charge in [0.05, 0.1) is 0 Å². The van der Waals surface area contributed by atoms with E-state index in [-0.39, 0.29) is 6.29 Å². The first-order chi connectivity index (χ1) is 6.78. The monoisotopic (exact) mass is 216 g/mol. The van der Waals surface area contributed by atoms with Gasteiger partial charge in [-0.15, -0.1) is 0 Å². The van der Waals surface area contributed by atoms with Gasteiger partial charge in [-0.3, -0.25) is 0 Å². The Morgan fingerprint density at radius 2 is 1.57 bits per heavy atom. The fraction of sp³-hybridized carbons (Fsp3) is 1.00. The Balaban J connectivity index is 3.83. The second-order valence-electron chi connectivity index (χ2n) is 3.79. The van der Waals surface area contributed by atoms with Crippen molar-refractivity contribution in [2.24, 2.45) is 0 Å². The Bertz CT molecular complexity index is 114. The first-order valence-corrected chi connectivity index (χ1v) is 8.07. The van der Waals surface area contributed by atoms with Gasteiger partial charge in [-0.05, 0) is 6.42 Å². The zero-order valence-corrected chi connectivity index (χ0v) is 11.4. The molecule has 14 heavy (non-hydrogen) atoms. The van der Waals surface area contributed by atoms with Gasteiger partial charge < -0.3 is 8.53 Å². The molecule has 0 saturated carbocycles. The van der Waals surface area contributed by atoms with Crippen LogP contribution in [0.3, 0.4) is 0 Å². The van der Waals surface area contributed by atoms with E-state index in [0.29, 0.717) is 0 Å². The largest absolute Gasteiger partial charge is 0.478 e. The van der Waals surface area contributed by atoms with E-state index < -0.39 is 14.5 Å². The number of methoxy groups -OCH3 is 1. The lowest BCUT2D eigenvalue weighted by atomic mass is 10.3. The maximum Gasteiger partial charge on any atom is 0.462 e. The molecule has 0 spiro atoms. The molecule has 84 valence electrons. The number of hydrogen-bond donors (Lipinski definition) is 0. The summed E-state index contributed by atoms with van der Waals surface area (Å²) >= 11 is -0.966. The molecule has 0 aromatic heterocycles. The molecule has 0 bridgehead atoms. The molecular formula is C11H25AlO2. The average Bonchev–Trinajstić information content (AvgIpc) is 2.18. The van der Waals surface area contributed by atoms with Crippen LogP contribution in [0.15, 0.2) is 0 Å². The van der Waals surface area contributed by atoms with Gasteiger partial charge in [0.15, 0.2) is 0 Å². The molecular weight excluding hydrogens is 191 g/mol. The molecule has 0 fully saturated rings. The van der Waals surface area contributed by atoms with E-state index in [4.69, 9.17) is 8.53 Å². The Hall–Kier alpha value is 0.452. The molecule has 0 aromatic rings. The third-order valence-electron chi connectivity index (χ3n) is 2.35. The highest BCUT2D eigenvalue weighted by atomic mass is 27.2. The number of ether oxygens (including phenoxy) is 1. The van der Waals surface area contributed by atoms with E-state index in [1.165, 1.54) is 23.4 Å². The van der Waals surface area contributed by atoms with Gasteiger partial charge in [0, 0.05) is 7.11 Å². The average molecular weight is 216 g/mol. The van der Waals surface area contributed by atoms with Crippen molar-refractivity contribution in [1.29, 1.82) is 0 Å². The van der Waals surface area contributed by atoms with Crippen molar-refractivity contribution >= 4 is 14.5 Å². The first kappa shape index (κ1) is 14.5. The van der Waals surface area contributed by atoms with Crippen molar-refractivity contribution in [3.63, 3.8) is 0 Å². The van der Waals surface area contributed by atoms with Crippen LogP contribution in [0.25, 0.3) is 0 Å². The topological polar surface area (TPSA) is 18.5 Å². The third kappa shape index (κ3) is 6.84. The summed E-state index contributed by atoms with van der Waals surface area (Å²) in [4.78, 5) is 0. The molecule has 0 amide bonds. The minimum atomic E-state index is -0.966. The van der Waals surface area contributed by atoms with Crippen LogP contribution >= 0.6 is 0 Å². The van der Waals surface area contributed by atoms with Crippen LogP contribution in [0.4, 0.5) is 0 Å². The molecule has 0 saturated heterocycles. The van der Waals surface area contributed by atoms with Crippen LogP contribution in [0.5, 0.6) is 0 Å². The molecule has 3 heteroatoms. The van der Waals surface area contributed by atoms with Gasteiger partial charge in [-0.2, -0.15) is 0 Å². The molecule has 0 N–H and O–H groups in total. The van der Waals surface area contributed by atoms with Gasteiger partial charge in [0.2, 0.25) is 0 Å². The van der Waals surface area contributed by atoms with Gasteiger partial charge in [0.25, 0.3) is 0 Å². The van der Waals surface area contributed by atoms with Crippen LogP contribution < -0.4 is 0 Å². The van der Waals surface area contributed by atoms with Crippen molar-refractivity contribution in [3.8, 4) is 0 Å². The van der Waals surface area contributed by atoms with Gasteiger partial charge >= 0.3 is 14.5 Å². The molecule has 0 aliphatic heterocycles. The fourth-order valence-electron chi connectivity index (χ4n) is 1.62. The maximum absolute atomic E-state index is 6.04. The lowest BCUT2D eigenvalue weighted by molar-refractivity contribution is -0.0618. The maximum atomic E-state index is 6.04. The summed E-state index contributed by atoms with van der Waals surface area (Å²) in [6.07, 6.45) is 4.74. The Labute approximate surface area is 93.7 Å². The van der Waals surface area contributed by atoms with E-state index in [1.54, 1.807) is 7.11 Å². The predicted molar refractivity (Wildman–Crippen MR) is 62.7 cm³/mol. The van der Waals surface area contributed by atoms with Crippen molar-refractivity contribution in [2.75, 3.05) is 7.11 Å². The minimum absolute atomic E-state index is 0.0646. The van der Waals surface area contributed by atoms with E-state index in [9.17, 15) is 0 Å². The number of rotatable bonds is 9. The molecule has 1 unspecified atom stereocenters. The van der Waals surface area contributed by atoms with Gasteiger partial charge in [-0.25, -0.2) is 0 Å². The lowest BCUT2D eigenvalue weighted by Gasteiger charge is -2.20. The smallest absolute Gasteiger partial charge is 0.462 e. The summed E-state index contributed by atoms with van der Waals surface area (Å²) in [5.41, 5.74) is 0. The summed E-state index contributed by atoms with van der Waals surface area (Å²) < 4.78 is 11.4. The molecule has 1 atom stereocenters. The van der Waals surface area contributed by atoms with Crippen LogP contribution in [-0.2, 0) is 8.53 Å². The molecule has 0 radical (unpaired) electrons. The minimum Gasteiger partial charge on any atom is -0.478 e. The Kier molecular flexibility index (Phi) is 10.3. The quantitative estimate of drug-likeness (QED) is 0.433. The van der Waals surface area contributed by atoms with Crippen LogP contribution in [0, 0.1) is 0 Å². The second-order valence-corrected chi connectivity index (χ2v) is 6.46. The zero-order chi connectivity index (χ0) is 10.8. The Morgan fingerprint density at radius 1 is 1.00 bits per heavy atom. The van der Waals surface area contributed by atoms with Gasteiger partial charge in [0.1, 0.15) is 6.29 Å². The van der Waals surface area contributed by atoms with E-state index in [2.05, 4.69) is 20.8 Å². The summed E-state index contributed by atoms with van der Waals surface area (Å²) in [5.74, 6) is 0. The molecule has 2 nitrogen and oxygen atoms in total. The lowest BCUT2D eigenvalue weighted by Crippen LogP contribution is -2.26. The summed E-state index contributed by atoms with van der Waals surface area (Å²) in [6, 6.07) is 0. The highest BCUT2D eigenvalue weighted by Gasteiger charge is 2.22. The van der Waals surface area contributed by atoms with Crippen LogP contribution in [0.2, 0.25) is 10.6 Å². The molecule has 0 rings (SSSR count). The third-order valence-corrected chi connectivity index (χ3v) is 5.48. The normalized spacial score (nSPS) is 12.9. The standard InChI is InChI=1S/C5H11O2.2C3H7.Al/c1-3-4-5(6)7-2;2*1-3-2;/h5H,3-4H2,1-2H3;2*1,3H2,2H3;/q-1;;;+1. The molecule has 0 aromatic carbocycles. The number of hydrogen-bond acceptors (Lipinski definition) is 2. The molecule has 0 heterocycles. The second kappa shape index (κ2) is 9.99. The first-order valence-electron chi connectivity index (χ1n) is 5.96. The van der Waals surface area contributed by atoms with E-state index in [1.807, 2.05) is 0 Å². The SMILES string of the molecule is CCCC(OC)[O][Al]([CH2]CC)[CH2]CC. The summed E-state index contributed by atoms with van der Waals surface area (Å²) in [6.45, 7) is 6.65. The van der Waals surface area contributed by atoms with E-state index in [0.717, 1.165) is 12.8 Å². The van der Waals surface area contributed by atoms with Crippen molar-refractivity contribution < 1.29 is 8.53 Å². The van der Waals surface area contributed by atoms with Gasteiger partial charge in [-0.1, -0.05) is 50.6 Å². The van der Waals surface area contributed by atoms with Crippen LogP contribution in [0.1, 0.15) is 46.5 Å². The highest BCUT2D eigenvalue weighted by Crippen LogP contribution is 2.13. The van der Waals surface area contributed by atoms with Crippen molar-refractivity contribution in [3.05, 3.63) is 0 Å². The Morgan fingerprint density at radius 3 is 1.93 bits per heavy atom. The van der Waals surface area contributed by atoms with Crippen LogP contribution in [-0.4, -0.2) is 27.9 Å². The molecule has 0 aliphatic rings.